The van der Waals surface area contributed by atoms with E-state index >= 15 is 0 Å². The highest BCUT2D eigenvalue weighted by Gasteiger charge is 2.22. The zero-order chi connectivity index (χ0) is 11.6. The third-order valence-corrected chi connectivity index (χ3v) is 4.76. The minimum Gasteiger partial charge on any atom is -0.481 e. The maximum atomic E-state index is 11.7. The van der Waals surface area contributed by atoms with Crippen molar-refractivity contribution >= 4 is 66.6 Å². The molecule has 0 aliphatic carbocycles. The van der Waals surface area contributed by atoms with Gasteiger partial charge in [-0.25, -0.2) is 0 Å². The first-order chi connectivity index (χ1) is 6.91. The van der Waals surface area contributed by atoms with Crippen LogP contribution >= 0.6 is 54.8 Å². The molecule has 1 N–H and O–H groups in total. The number of rotatable bonds is 4. The standard InChI is InChI=1S/C8H5Br2ClO3S/c9-3(1-6(12)13)7(14)5-2-4(11)8(10)15-5/h2-3H,1H2,(H,12,13). The average molecular weight is 376 g/mol. The average Bonchev–Trinajstić information content (AvgIpc) is 2.44. The minimum absolute atomic E-state index is 0.244. The highest BCUT2D eigenvalue weighted by Crippen LogP contribution is 2.33. The van der Waals surface area contributed by atoms with Crippen molar-refractivity contribution in [2.75, 3.05) is 0 Å². The van der Waals surface area contributed by atoms with E-state index < -0.39 is 10.8 Å². The Labute approximate surface area is 112 Å². The largest absolute Gasteiger partial charge is 0.481 e. The van der Waals surface area contributed by atoms with Gasteiger partial charge in [0.2, 0.25) is 0 Å². The fraction of sp³-hybridized carbons (Fsp3) is 0.250. The van der Waals surface area contributed by atoms with Crippen molar-refractivity contribution in [3.63, 3.8) is 0 Å². The van der Waals surface area contributed by atoms with Crippen molar-refractivity contribution in [2.24, 2.45) is 0 Å². The predicted molar refractivity (Wildman–Crippen MR) is 66.3 cm³/mol. The quantitative estimate of drug-likeness (QED) is 0.645. The highest BCUT2D eigenvalue weighted by atomic mass is 79.9. The van der Waals surface area contributed by atoms with Gasteiger partial charge >= 0.3 is 5.97 Å². The van der Waals surface area contributed by atoms with Gasteiger partial charge in [0.05, 0.1) is 24.9 Å². The summed E-state index contributed by atoms with van der Waals surface area (Å²) in [4.78, 5) is 21.8. The summed E-state index contributed by atoms with van der Waals surface area (Å²) in [7, 11) is 0. The molecule has 1 unspecified atom stereocenters. The van der Waals surface area contributed by atoms with Crippen molar-refractivity contribution < 1.29 is 14.7 Å². The topological polar surface area (TPSA) is 54.4 Å². The van der Waals surface area contributed by atoms with Crippen molar-refractivity contribution in [3.05, 3.63) is 19.8 Å². The third kappa shape index (κ3) is 3.55. The van der Waals surface area contributed by atoms with Gasteiger partial charge in [-0.2, -0.15) is 0 Å². The van der Waals surface area contributed by atoms with Crippen molar-refractivity contribution in [1.82, 2.24) is 0 Å². The van der Waals surface area contributed by atoms with Crippen molar-refractivity contribution in [2.45, 2.75) is 11.2 Å². The van der Waals surface area contributed by atoms with E-state index in [1.54, 1.807) is 0 Å². The summed E-state index contributed by atoms with van der Waals surface area (Å²) in [5.41, 5.74) is 0. The second kappa shape index (κ2) is 5.43. The van der Waals surface area contributed by atoms with E-state index in [0.717, 1.165) is 0 Å². The van der Waals surface area contributed by atoms with Crippen LogP contribution in [0.15, 0.2) is 9.85 Å². The summed E-state index contributed by atoms with van der Waals surface area (Å²) in [5.74, 6) is -1.29. The Kier molecular flexibility index (Phi) is 4.76. The summed E-state index contributed by atoms with van der Waals surface area (Å²) in [6, 6.07) is 1.52. The molecule has 0 amide bonds. The Morgan fingerprint density at radius 2 is 2.20 bits per heavy atom. The van der Waals surface area contributed by atoms with Gasteiger partial charge in [0, 0.05) is 0 Å². The Hall–Kier alpha value is 0.0900. The van der Waals surface area contributed by atoms with Crippen LogP contribution in [0.25, 0.3) is 0 Å². The molecular formula is C8H5Br2ClO3S. The Morgan fingerprint density at radius 3 is 2.60 bits per heavy atom. The molecule has 3 nitrogen and oxygen atoms in total. The molecule has 0 saturated heterocycles. The lowest BCUT2D eigenvalue weighted by Gasteiger charge is -2.02. The molecule has 1 heterocycles. The van der Waals surface area contributed by atoms with Crippen LogP contribution in [-0.2, 0) is 4.79 Å². The molecule has 1 rings (SSSR count). The summed E-state index contributed by atoms with van der Waals surface area (Å²) in [6.45, 7) is 0. The molecule has 0 aromatic carbocycles. The second-order valence-electron chi connectivity index (χ2n) is 2.66. The lowest BCUT2D eigenvalue weighted by molar-refractivity contribution is -0.136. The number of Topliss-reactive ketones (excluding diaryl/α,β-unsaturated/α-hetero) is 1. The first-order valence-corrected chi connectivity index (χ1v) is 6.67. The minimum atomic E-state index is -1.02. The molecule has 0 radical (unpaired) electrons. The zero-order valence-corrected chi connectivity index (χ0v) is 11.9. The van der Waals surface area contributed by atoms with Gasteiger partial charge in [-0.1, -0.05) is 27.5 Å². The summed E-state index contributed by atoms with van der Waals surface area (Å²) in [5, 5.41) is 8.98. The van der Waals surface area contributed by atoms with Crippen LogP contribution in [0, 0.1) is 0 Å². The van der Waals surface area contributed by atoms with Crippen LogP contribution in [0.2, 0.25) is 5.02 Å². The van der Waals surface area contributed by atoms with Crippen LogP contribution in [0.1, 0.15) is 16.1 Å². The molecule has 0 bridgehead atoms. The van der Waals surface area contributed by atoms with E-state index in [4.69, 9.17) is 16.7 Å². The first kappa shape index (κ1) is 13.2. The number of ketones is 1. The molecule has 0 spiro atoms. The maximum Gasteiger partial charge on any atom is 0.304 e. The fourth-order valence-electron chi connectivity index (χ4n) is 0.868. The Balaban J connectivity index is 2.80. The number of carboxylic acids is 1. The number of thiophene rings is 1. The van der Waals surface area contributed by atoms with Gasteiger partial charge in [-0.05, 0) is 22.0 Å². The Bertz CT molecular complexity index is 385. The number of carbonyl (C=O) groups is 2. The van der Waals surface area contributed by atoms with Crippen LogP contribution in [-0.4, -0.2) is 21.7 Å². The van der Waals surface area contributed by atoms with E-state index in [0.29, 0.717) is 13.7 Å². The summed E-state index contributed by atoms with van der Waals surface area (Å²) < 4.78 is 0.669. The molecule has 1 aromatic rings. The van der Waals surface area contributed by atoms with Gasteiger partial charge in [0.1, 0.15) is 0 Å². The van der Waals surface area contributed by atoms with Gasteiger partial charge in [-0.3, -0.25) is 9.59 Å². The molecule has 82 valence electrons. The SMILES string of the molecule is O=C(O)CC(Br)C(=O)c1cc(Cl)c(Br)s1. The summed E-state index contributed by atoms with van der Waals surface area (Å²) >= 11 is 13.2. The van der Waals surface area contributed by atoms with E-state index in [2.05, 4.69) is 31.9 Å². The van der Waals surface area contributed by atoms with Gasteiger partial charge in [0.25, 0.3) is 0 Å². The first-order valence-electron chi connectivity index (χ1n) is 3.76. The molecule has 0 aliphatic heterocycles. The fourth-order valence-corrected chi connectivity index (χ4v) is 3.24. The summed E-state index contributed by atoms with van der Waals surface area (Å²) in [6.07, 6.45) is -0.244. The van der Waals surface area contributed by atoms with E-state index in [-0.39, 0.29) is 12.2 Å². The molecule has 1 atom stereocenters. The number of hydrogen-bond donors (Lipinski definition) is 1. The molecule has 0 fully saturated rings. The zero-order valence-electron chi connectivity index (χ0n) is 7.17. The van der Waals surface area contributed by atoms with Crippen LogP contribution < -0.4 is 0 Å². The monoisotopic (exact) mass is 374 g/mol. The van der Waals surface area contributed by atoms with Gasteiger partial charge < -0.3 is 5.11 Å². The van der Waals surface area contributed by atoms with Gasteiger partial charge in [0.15, 0.2) is 5.78 Å². The molecule has 0 aliphatic rings. The maximum absolute atomic E-state index is 11.7. The second-order valence-corrected chi connectivity index (χ2v) is 6.54. The number of halogens is 3. The van der Waals surface area contributed by atoms with E-state index in [9.17, 15) is 9.59 Å². The lowest BCUT2D eigenvalue weighted by atomic mass is 10.2. The van der Waals surface area contributed by atoms with Crippen LogP contribution in [0.3, 0.4) is 0 Å². The van der Waals surface area contributed by atoms with Crippen LogP contribution in [0.4, 0.5) is 0 Å². The molecular weight excluding hydrogens is 371 g/mol. The van der Waals surface area contributed by atoms with E-state index in [1.165, 1.54) is 17.4 Å². The third-order valence-electron chi connectivity index (χ3n) is 1.53. The number of hydrogen-bond acceptors (Lipinski definition) is 3. The number of alkyl halides is 1. The highest BCUT2D eigenvalue weighted by molar-refractivity contribution is 9.11. The number of carboxylic acid groups (broad SMARTS) is 1. The molecule has 1 aromatic heterocycles. The Morgan fingerprint density at radius 1 is 1.60 bits per heavy atom. The lowest BCUT2D eigenvalue weighted by Crippen LogP contribution is -2.17. The molecule has 0 saturated carbocycles. The normalized spacial score (nSPS) is 12.5. The van der Waals surface area contributed by atoms with Crippen molar-refractivity contribution in [3.8, 4) is 0 Å². The predicted octanol–water partition coefficient (Wildman–Crippen LogP) is 3.58. The number of carbonyl (C=O) groups excluding carboxylic acids is 1. The molecule has 15 heavy (non-hydrogen) atoms. The van der Waals surface area contributed by atoms with E-state index in [1.807, 2.05) is 0 Å². The van der Waals surface area contributed by atoms with Gasteiger partial charge in [-0.15, -0.1) is 11.3 Å². The number of aliphatic carboxylic acids is 1. The molecule has 7 heteroatoms. The van der Waals surface area contributed by atoms with Crippen molar-refractivity contribution in [1.29, 1.82) is 0 Å². The smallest absolute Gasteiger partial charge is 0.304 e. The van der Waals surface area contributed by atoms with Crippen LogP contribution in [0.5, 0.6) is 0 Å².